The van der Waals surface area contributed by atoms with Crippen LogP contribution in [0.15, 0.2) is 0 Å². The molecule has 0 aromatic heterocycles. The third kappa shape index (κ3) is 1.14. The molecule has 0 aromatic rings. The van der Waals surface area contributed by atoms with Gasteiger partial charge in [0, 0.05) is 25.2 Å². The molecule has 0 radical (unpaired) electrons. The molecule has 0 saturated carbocycles. The second-order valence-electron chi connectivity index (χ2n) is 2.93. The maximum Gasteiger partial charge on any atom is 0.0233 e. The highest BCUT2D eigenvalue weighted by Gasteiger charge is 2.34. The third-order valence-electron chi connectivity index (χ3n) is 2.33. The van der Waals surface area contributed by atoms with Crippen molar-refractivity contribution in [2.24, 2.45) is 0 Å². The minimum Gasteiger partial charge on any atom is -0.311 e. The van der Waals surface area contributed by atoms with Crippen LogP contribution < -0.4 is 5.32 Å². The van der Waals surface area contributed by atoms with Crippen LogP contribution >= 0.6 is 17.0 Å². The zero-order valence-electron chi connectivity index (χ0n) is 5.63. The van der Waals surface area contributed by atoms with E-state index in [1.807, 2.05) is 0 Å². The number of rotatable bonds is 0. The summed E-state index contributed by atoms with van der Waals surface area (Å²) in [5.41, 5.74) is 0. The quantitative estimate of drug-likeness (QED) is 0.592. The predicted molar refractivity (Wildman–Crippen MR) is 43.1 cm³/mol. The van der Waals surface area contributed by atoms with Crippen molar-refractivity contribution < 1.29 is 0 Å². The molecule has 1 N–H and O–H groups in total. The summed E-state index contributed by atoms with van der Waals surface area (Å²) in [5, 5.41) is 3.44. The predicted octanol–water partition coefficient (Wildman–Crippen LogP) is 0.240. The fourth-order valence-corrected chi connectivity index (χ4v) is 1.77. The topological polar surface area (TPSA) is 15.3 Å². The lowest BCUT2D eigenvalue weighted by Gasteiger charge is -2.21. The van der Waals surface area contributed by atoms with Gasteiger partial charge in [-0.1, -0.05) is 0 Å². The molecule has 54 valence electrons. The third-order valence-corrected chi connectivity index (χ3v) is 2.33. The van der Waals surface area contributed by atoms with Crippen molar-refractivity contribution in [1.29, 1.82) is 0 Å². The second kappa shape index (κ2) is 2.56. The molecule has 0 spiro atoms. The number of piperazine rings is 1. The zero-order chi connectivity index (χ0) is 5.56. The van der Waals surface area contributed by atoms with Gasteiger partial charge in [-0.05, 0) is 13.5 Å². The highest BCUT2D eigenvalue weighted by atomic mass is 79.9. The first-order valence-electron chi connectivity index (χ1n) is 3.30. The van der Waals surface area contributed by atoms with E-state index in [1.54, 1.807) is 0 Å². The molecule has 2 aliphatic rings. The molecule has 2 heterocycles. The van der Waals surface area contributed by atoms with E-state index in [2.05, 4.69) is 17.3 Å². The van der Waals surface area contributed by atoms with Crippen molar-refractivity contribution in [2.45, 2.75) is 18.5 Å². The number of hydrogen-bond acceptors (Lipinski definition) is 2. The first-order valence-corrected chi connectivity index (χ1v) is 3.30. The van der Waals surface area contributed by atoms with Crippen LogP contribution in [-0.4, -0.2) is 37.1 Å². The number of fused-ring (bicyclic) bond motifs is 2. The lowest BCUT2D eigenvalue weighted by atomic mass is 10.2. The highest BCUT2D eigenvalue weighted by Crippen LogP contribution is 2.20. The minimum absolute atomic E-state index is 0. The van der Waals surface area contributed by atoms with Gasteiger partial charge in [-0.25, -0.2) is 0 Å². The number of nitrogens with one attached hydrogen (secondary N) is 1. The molecule has 2 rings (SSSR count). The Kier molecular flexibility index (Phi) is 2.14. The van der Waals surface area contributed by atoms with Crippen LogP contribution in [0.4, 0.5) is 0 Å². The van der Waals surface area contributed by atoms with Crippen molar-refractivity contribution in [3.63, 3.8) is 0 Å². The van der Waals surface area contributed by atoms with E-state index in [9.17, 15) is 0 Å². The highest BCUT2D eigenvalue weighted by molar-refractivity contribution is 8.93. The van der Waals surface area contributed by atoms with E-state index in [1.165, 1.54) is 19.5 Å². The van der Waals surface area contributed by atoms with Gasteiger partial charge >= 0.3 is 0 Å². The zero-order valence-corrected chi connectivity index (χ0v) is 7.34. The molecule has 0 amide bonds. The molecular formula is C6H13BrN2. The molecular weight excluding hydrogens is 180 g/mol. The Labute approximate surface area is 66.4 Å². The summed E-state index contributed by atoms with van der Waals surface area (Å²) in [4.78, 5) is 2.45. The molecule has 2 saturated heterocycles. The van der Waals surface area contributed by atoms with Crippen molar-refractivity contribution in [2.75, 3.05) is 20.1 Å². The van der Waals surface area contributed by atoms with Gasteiger partial charge in [0.05, 0.1) is 0 Å². The van der Waals surface area contributed by atoms with E-state index >= 15 is 0 Å². The molecule has 2 fully saturated rings. The molecule has 3 heteroatoms. The van der Waals surface area contributed by atoms with E-state index in [0.29, 0.717) is 0 Å². The van der Waals surface area contributed by atoms with Gasteiger partial charge < -0.3 is 10.2 Å². The Balaban J connectivity index is 0.000000405. The van der Waals surface area contributed by atoms with Crippen LogP contribution in [0.25, 0.3) is 0 Å². The smallest absolute Gasteiger partial charge is 0.0233 e. The van der Waals surface area contributed by atoms with Crippen molar-refractivity contribution in [1.82, 2.24) is 10.2 Å². The SMILES string of the molecule is Br.CN1CC2CC1CN2. The van der Waals surface area contributed by atoms with Crippen LogP contribution in [0.1, 0.15) is 6.42 Å². The van der Waals surface area contributed by atoms with Gasteiger partial charge in [-0.3, -0.25) is 0 Å². The average molecular weight is 193 g/mol. The molecule has 9 heavy (non-hydrogen) atoms. The van der Waals surface area contributed by atoms with Crippen LogP contribution in [0.5, 0.6) is 0 Å². The van der Waals surface area contributed by atoms with Crippen molar-refractivity contribution in [3.8, 4) is 0 Å². The van der Waals surface area contributed by atoms with Crippen LogP contribution in [0.2, 0.25) is 0 Å². The summed E-state index contributed by atoms with van der Waals surface area (Å²) in [6.07, 6.45) is 1.39. The Morgan fingerprint density at radius 2 is 2.33 bits per heavy atom. The Hall–Kier alpha value is 0.400. The molecule has 0 aliphatic carbocycles. The first kappa shape index (κ1) is 7.51. The Morgan fingerprint density at radius 1 is 1.56 bits per heavy atom. The number of hydrogen-bond donors (Lipinski definition) is 1. The largest absolute Gasteiger partial charge is 0.311 e. The van der Waals surface area contributed by atoms with Gasteiger partial charge in [-0.15, -0.1) is 17.0 Å². The van der Waals surface area contributed by atoms with Crippen molar-refractivity contribution >= 4 is 17.0 Å². The number of likely N-dealkylation sites (N-methyl/N-ethyl adjacent to an activating group) is 1. The Morgan fingerprint density at radius 3 is 2.56 bits per heavy atom. The molecule has 0 aromatic carbocycles. The minimum atomic E-state index is 0. The number of likely N-dealkylation sites (tertiary alicyclic amines) is 1. The van der Waals surface area contributed by atoms with Gasteiger partial charge in [-0.2, -0.15) is 0 Å². The molecule has 2 unspecified atom stereocenters. The van der Waals surface area contributed by atoms with E-state index < -0.39 is 0 Å². The van der Waals surface area contributed by atoms with Gasteiger partial charge in [0.25, 0.3) is 0 Å². The fraction of sp³-hybridized carbons (Fsp3) is 1.00. The summed E-state index contributed by atoms with van der Waals surface area (Å²) in [6, 6.07) is 1.69. The number of nitrogens with zero attached hydrogens (tertiary/aromatic N) is 1. The monoisotopic (exact) mass is 192 g/mol. The van der Waals surface area contributed by atoms with E-state index in [-0.39, 0.29) is 17.0 Å². The summed E-state index contributed by atoms with van der Waals surface area (Å²) in [5.74, 6) is 0. The lowest BCUT2D eigenvalue weighted by molar-refractivity contribution is 0.276. The maximum absolute atomic E-state index is 3.44. The van der Waals surface area contributed by atoms with E-state index in [0.717, 1.165) is 12.1 Å². The number of halogens is 1. The van der Waals surface area contributed by atoms with Crippen LogP contribution in [0.3, 0.4) is 0 Å². The van der Waals surface area contributed by atoms with E-state index in [4.69, 9.17) is 0 Å². The molecule has 2 atom stereocenters. The van der Waals surface area contributed by atoms with Crippen LogP contribution in [-0.2, 0) is 0 Å². The fourth-order valence-electron chi connectivity index (χ4n) is 1.77. The summed E-state index contributed by atoms with van der Waals surface area (Å²) in [6.45, 7) is 2.49. The molecule has 2 bridgehead atoms. The second-order valence-corrected chi connectivity index (χ2v) is 2.93. The average Bonchev–Trinajstić information content (AvgIpc) is 2.23. The normalized spacial score (nSPS) is 41.0. The molecule has 2 nitrogen and oxygen atoms in total. The van der Waals surface area contributed by atoms with Gasteiger partial charge in [0.15, 0.2) is 0 Å². The first-order chi connectivity index (χ1) is 3.86. The maximum atomic E-state index is 3.44. The van der Waals surface area contributed by atoms with Gasteiger partial charge in [0.2, 0.25) is 0 Å². The lowest BCUT2D eigenvalue weighted by Crippen LogP contribution is -2.41. The van der Waals surface area contributed by atoms with Crippen LogP contribution in [0, 0.1) is 0 Å². The Bertz CT molecular complexity index is 105. The molecule has 2 aliphatic heterocycles. The standard InChI is InChI=1S/C6H12N2.BrH/c1-8-4-5-2-6(8)3-7-5;/h5-7H,2-4H2,1H3;1H. The summed E-state index contributed by atoms with van der Waals surface area (Å²) in [7, 11) is 2.21. The van der Waals surface area contributed by atoms with Gasteiger partial charge in [0.1, 0.15) is 0 Å². The van der Waals surface area contributed by atoms with Crippen molar-refractivity contribution in [3.05, 3.63) is 0 Å². The summed E-state index contributed by atoms with van der Waals surface area (Å²) >= 11 is 0. The summed E-state index contributed by atoms with van der Waals surface area (Å²) < 4.78 is 0.